The fourth-order valence-corrected chi connectivity index (χ4v) is 2.51. The second-order valence-electron chi connectivity index (χ2n) is 4.69. The zero-order valence-electron chi connectivity index (χ0n) is 12.5. The van der Waals surface area contributed by atoms with Crippen LogP contribution in [0.5, 0.6) is 5.75 Å². The van der Waals surface area contributed by atoms with Gasteiger partial charge in [-0.2, -0.15) is 0 Å². The summed E-state index contributed by atoms with van der Waals surface area (Å²) in [5.74, 6) is 0.472. The second kappa shape index (κ2) is 8.11. The molecule has 2 aromatic carbocycles. The summed E-state index contributed by atoms with van der Waals surface area (Å²) in [4.78, 5) is 13.4. The van der Waals surface area contributed by atoms with Gasteiger partial charge in [-0.3, -0.25) is 4.79 Å². The average molecular weight is 336 g/mol. The van der Waals surface area contributed by atoms with E-state index in [2.05, 4.69) is 5.32 Å². The van der Waals surface area contributed by atoms with Crippen molar-refractivity contribution in [1.82, 2.24) is 0 Å². The predicted molar refractivity (Wildman–Crippen MR) is 93.0 cm³/mol. The van der Waals surface area contributed by atoms with Crippen molar-refractivity contribution in [3.63, 3.8) is 0 Å². The van der Waals surface area contributed by atoms with Crippen molar-refractivity contribution in [3.8, 4) is 5.75 Å². The minimum Gasteiger partial charge on any atom is -0.481 e. The summed E-state index contributed by atoms with van der Waals surface area (Å²) in [6, 6.07) is 14.7. The van der Waals surface area contributed by atoms with E-state index in [0.29, 0.717) is 17.2 Å². The Morgan fingerprint density at radius 1 is 1.27 bits per heavy atom. The van der Waals surface area contributed by atoms with Gasteiger partial charge in [0.05, 0.1) is 0 Å². The lowest BCUT2D eigenvalue weighted by molar-refractivity contribution is -0.122. The molecule has 0 fully saturated rings. The fraction of sp³-hybridized carbons (Fsp3) is 0.235. The third-order valence-corrected chi connectivity index (χ3v) is 4.07. The molecule has 0 heterocycles. The highest BCUT2D eigenvalue weighted by atomic mass is 35.5. The highest BCUT2D eigenvalue weighted by Gasteiger charge is 2.18. The molecule has 0 aliphatic rings. The number of hydrogen-bond acceptors (Lipinski definition) is 3. The van der Waals surface area contributed by atoms with Crippen LogP contribution in [0.2, 0.25) is 5.02 Å². The molecule has 116 valence electrons. The first kappa shape index (κ1) is 16.7. The average Bonchev–Trinajstić information content (AvgIpc) is 2.54. The number of rotatable bonds is 6. The molecule has 0 saturated carbocycles. The Morgan fingerprint density at radius 2 is 2.00 bits per heavy atom. The summed E-state index contributed by atoms with van der Waals surface area (Å²) in [6.07, 6.45) is 2.04. The Morgan fingerprint density at radius 3 is 2.64 bits per heavy atom. The first-order valence-electron chi connectivity index (χ1n) is 6.99. The Balaban J connectivity index is 2.03. The van der Waals surface area contributed by atoms with Crippen molar-refractivity contribution in [2.45, 2.75) is 24.3 Å². The van der Waals surface area contributed by atoms with Gasteiger partial charge < -0.3 is 10.1 Å². The normalized spacial score (nSPS) is 11.8. The maximum Gasteiger partial charge on any atom is 0.265 e. The molecule has 2 aromatic rings. The molecule has 1 atom stereocenters. The molecule has 0 spiro atoms. The number of halogens is 1. The standard InChI is InChI=1S/C17H18ClNO2S/c1-3-16(21-14-9-7-12(18)8-10-14)17(20)19-13-5-4-6-15(11-13)22-2/h4-11,16H,3H2,1-2H3,(H,19,20)/t16-/m1/s1. The zero-order chi connectivity index (χ0) is 15.9. The molecule has 1 N–H and O–H groups in total. The van der Waals surface area contributed by atoms with Crippen LogP contribution in [0.15, 0.2) is 53.4 Å². The Kier molecular flexibility index (Phi) is 6.16. The van der Waals surface area contributed by atoms with E-state index in [9.17, 15) is 4.79 Å². The molecule has 0 bridgehead atoms. The van der Waals surface area contributed by atoms with Crippen molar-refractivity contribution in [2.24, 2.45) is 0 Å². The van der Waals surface area contributed by atoms with E-state index in [1.54, 1.807) is 36.0 Å². The molecular weight excluding hydrogens is 318 g/mol. The van der Waals surface area contributed by atoms with Crippen LogP contribution in [0.1, 0.15) is 13.3 Å². The maximum atomic E-state index is 12.3. The molecule has 0 saturated heterocycles. The number of nitrogens with one attached hydrogen (secondary N) is 1. The monoisotopic (exact) mass is 335 g/mol. The van der Waals surface area contributed by atoms with E-state index in [-0.39, 0.29) is 5.91 Å². The molecule has 0 aliphatic carbocycles. The summed E-state index contributed by atoms with van der Waals surface area (Å²) in [5, 5.41) is 3.53. The number of carbonyl (C=O) groups excluding carboxylic acids is 1. The van der Waals surface area contributed by atoms with Gasteiger partial charge in [-0.15, -0.1) is 11.8 Å². The molecule has 22 heavy (non-hydrogen) atoms. The zero-order valence-corrected chi connectivity index (χ0v) is 14.1. The number of amides is 1. The highest BCUT2D eigenvalue weighted by Crippen LogP contribution is 2.21. The predicted octanol–water partition coefficient (Wildman–Crippen LogP) is 4.86. The summed E-state index contributed by atoms with van der Waals surface area (Å²) >= 11 is 7.48. The minimum atomic E-state index is -0.542. The van der Waals surface area contributed by atoms with Gasteiger partial charge in [0.15, 0.2) is 6.10 Å². The lowest BCUT2D eigenvalue weighted by Gasteiger charge is -2.17. The van der Waals surface area contributed by atoms with Crippen LogP contribution in [0.25, 0.3) is 0 Å². The minimum absolute atomic E-state index is 0.157. The summed E-state index contributed by atoms with van der Waals surface area (Å²) in [6.45, 7) is 1.92. The van der Waals surface area contributed by atoms with E-state index in [1.165, 1.54) is 0 Å². The fourth-order valence-electron chi connectivity index (χ4n) is 1.92. The van der Waals surface area contributed by atoms with Crippen LogP contribution in [-0.4, -0.2) is 18.3 Å². The van der Waals surface area contributed by atoms with Crippen molar-refractivity contribution in [2.75, 3.05) is 11.6 Å². The van der Waals surface area contributed by atoms with Gasteiger partial charge in [0.1, 0.15) is 5.75 Å². The van der Waals surface area contributed by atoms with Crippen LogP contribution in [0, 0.1) is 0 Å². The molecule has 2 rings (SSSR count). The largest absolute Gasteiger partial charge is 0.481 e. The van der Waals surface area contributed by atoms with Gasteiger partial charge >= 0.3 is 0 Å². The van der Waals surface area contributed by atoms with E-state index in [1.807, 2.05) is 37.4 Å². The summed E-state index contributed by atoms with van der Waals surface area (Å²) in [7, 11) is 0. The molecule has 0 unspecified atom stereocenters. The Bertz CT molecular complexity index is 631. The van der Waals surface area contributed by atoms with Crippen LogP contribution < -0.4 is 10.1 Å². The maximum absolute atomic E-state index is 12.3. The van der Waals surface area contributed by atoms with Crippen LogP contribution in [-0.2, 0) is 4.79 Å². The van der Waals surface area contributed by atoms with Gasteiger partial charge in [0, 0.05) is 15.6 Å². The van der Waals surface area contributed by atoms with Crippen LogP contribution in [0.4, 0.5) is 5.69 Å². The summed E-state index contributed by atoms with van der Waals surface area (Å²) < 4.78 is 5.73. The van der Waals surface area contributed by atoms with Gasteiger partial charge in [-0.25, -0.2) is 0 Å². The second-order valence-corrected chi connectivity index (χ2v) is 6.01. The number of ether oxygens (including phenoxy) is 1. The third kappa shape index (κ3) is 4.68. The van der Waals surface area contributed by atoms with E-state index in [0.717, 1.165) is 10.6 Å². The van der Waals surface area contributed by atoms with Crippen molar-refractivity contribution >= 4 is 35.0 Å². The molecule has 0 radical (unpaired) electrons. The van der Waals surface area contributed by atoms with Crippen molar-refractivity contribution in [1.29, 1.82) is 0 Å². The van der Waals surface area contributed by atoms with Crippen molar-refractivity contribution < 1.29 is 9.53 Å². The number of anilines is 1. The number of thioether (sulfide) groups is 1. The molecule has 1 amide bonds. The molecule has 5 heteroatoms. The Hall–Kier alpha value is -1.65. The van der Waals surface area contributed by atoms with E-state index < -0.39 is 6.10 Å². The SMILES string of the molecule is CC[C@@H](Oc1ccc(Cl)cc1)C(=O)Nc1cccc(SC)c1. The van der Waals surface area contributed by atoms with E-state index >= 15 is 0 Å². The molecular formula is C17H18ClNO2S. The lowest BCUT2D eigenvalue weighted by atomic mass is 10.2. The number of hydrogen-bond donors (Lipinski definition) is 1. The smallest absolute Gasteiger partial charge is 0.265 e. The molecule has 0 aromatic heterocycles. The van der Waals surface area contributed by atoms with Crippen LogP contribution in [0.3, 0.4) is 0 Å². The first-order valence-corrected chi connectivity index (χ1v) is 8.59. The Labute approximate surface area is 140 Å². The first-order chi connectivity index (χ1) is 10.6. The van der Waals surface area contributed by atoms with Gasteiger partial charge in [-0.1, -0.05) is 24.6 Å². The molecule has 3 nitrogen and oxygen atoms in total. The van der Waals surface area contributed by atoms with Gasteiger partial charge in [0.25, 0.3) is 5.91 Å². The lowest BCUT2D eigenvalue weighted by Crippen LogP contribution is -2.32. The number of benzene rings is 2. The van der Waals surface area contributed by atoms with Gasteiger partial charge in [-0.05, 0) is 55.1 Å². The highest BCUT2D eigenvalue weighted by molar-refractivity contribution is 7.98. The van der Waals surface area contributed by atoms with Gasteiger partial charge in [0.2, 0.25) is 0 Å². The van der Waals surface area contributed by atoms with Crippen LogP contribution >= 0.6 is 23.4 Å². The summed E-state index contributed by atoms with van der Waals surface area (Å²) in [5.41, 5.74) is 0.773. The van der Waals surface area contributed by atoms with E-state index in [4.69, 9.17) is 16.3 Å². The third-order valence-electron chi connectivity index (χ3n) is 3.09. The van der Waals surface area contributed by atoms with Crippen molar-refractivity contribution in [3.05, 3.63) is 53.6 Å². The topological polar surface area (TPSA) is 38.3 Å². The quantitative estimate of drug-likeness (QED) is 0.766. The number of carbonyl (C=O) groups is 1. The molecule has 0 aliphatic heterocycles.